The van der Waals surface area contributed by atoms with Gasteiger partial charge in [0.25, 0.3) is 0 Å². The van der Waals surface area contributed by atoms with Crippen molar-refractivity contribution in [3.05, 3.63) is 47.4 Å². The minimum absolute atomic E-state index is 0.00143. The van der Waals surface area contributed by atoms with Crippen LogP contribution in [0.3, 0.4) is 0 Å². The van der Waals surface area contributed by atoms with Crippen molar-refractivity contribution in [2.45, 2.75) is 62.4 Å². The van der Waals surface area contributed by atoms with Crippen molar-refractivity contribution in [1.29, 1.82) is 0 Å². The van der Waals surface area contributed by atoms with E-state index in [0.29, 0.717) is 12.5 Å². The highest BCUT2D eigenvalue weighted by molar-refractivity contribution is 5.83. The van der Waals surface area contributed by atoms with E-state index in [0.717, 1.165) is 62.3 Å². The fraction of sp³-hybridized carbons (Fsp3) is 0.571. The van der Waals surface area contributed by atoms with Gasteiger partial charge in [-0.15, -0.1) is 0 Å². The van der Waals surface area contributed by atoms with Gasteiger partial charge in [0.05, 0.1) is 0 Å². The van der Waals surface area contributed by atoms with E-state index in [1.165, 1.54) is 12.1 Å². The van der Waals surface area contributed by atoms with Crippen molar-refractivity contribution in [2.24, 2.45) is 0 Å². The number of carbonyl (C=O) groups is 1. The Kier molecular flexibility index (Phi) is 4.62. The third kappa shape index (κ3) is 3.81. The SMILES string of the molecule is O=C(NC1CC1)[C@@H](c1ccc(F)cc1)N1CCC[C@H](c2noc(C3CC3)n2)C1. The number of likely N-dealkylation sites (tertiary alicyclic amines) is 1. The summed E-state index contributed by atoms with van der Waals surface area (Å²) in [5.74, 6) is 1.82. The second kappa shape index (κ2) is 7.28. The molecule has 2 aromatic rings. The van der Waals surface area contributed by atoms with Crippen molar-refractivity contribution in [3.8, 4) is 0 Å². The summed E-state index contributed by atoms with van der Waals surface area (Å²) < 4.78 is 18.9. The highest BCUT2D eigenvalue weighted by Gasteiger charge is 2.37. The van der Waals surface area contributed by atoms with Crippen molar-refractivity contribution in [1.82, 2.24) is 20.4 Å². The summed E-state index contributed by atoms with van der Waals surface area (Å²) in [5.41, 5.74) is 0.826. The Morgan fingerprint density at radius 3 is 2.64 bits per heavy atom. The normalized spacial score (nSPS) is 24.1. The number of rotatable bonds is 6. The lowest BCUT2D eigenvalue weighted by atomic mass is 9.93. The topological polar surface area (TPSA) is 71.3 Å². The Labute approximate surface area is 163 Å². The largest absolute Gasteiger partial charge is 0.352 e. The molecule has 148 valence electrons. The predicted octanol–water partition coefficient (Wildman–Crippen LogP) is 3.29. The molecule has 0 bridgehead atoms. The van der Waals surface area contributed by atoms with Gasteiger partial charge in [0.15, 0.2) is 5.82 Å². The van der Waals surface area contributed by atoms with Gasteiger partial charge in [-0.3, -0.25) is 9.69 Å². The van der Waals surface area contributed by atoms with Crippen LogP contribution in [0.1, 0.15) is 73.7 Å². The standard InChI is InChI=1S/C21H25FN4O2/c22-16-7-5-13(6-8-16)18(20(27)23-17-9-10-17)26-11-1-2-15(12-26)19-24-21(28-25-19)14-3-4-14/h5-8,14-15,17-18H,1-4,9-12H2,(H,23,27)/t15-,18+/m0/s1. The van der Waals surface area contributed by atoms with Gasteiger partial charge in [0, 0.05) is 24.4 Å². The summed E-state index contributed by atoms with van der Waals surface area (Å²) in [4.78, 5) is 19.8. The van der Waals surface area contributed by atoms with Crippen LogP contribution in [0.25, 0.3) is 0 Å². The molecule has 1 aromatic carbocycles. The van der Waals surface area contributed by atoms with Crippen LogP contribution in [0.4, 0.5) is 4.39 Å². The number of benzene rings is 1. The molecule has 7 heteroatoms. The smallest absolute Gasteiger partial charge is 0.242 e. The predicted molar refractivity (Wildman–Crippen MR) is 100 cm³/mol. The van der Waals surface area contributed by atoms with Crippen LogP contribution in [-0.4, -0.2) is 40.1 Å². The summed E-state index contributed by atoms with van der Waals surface area (Å²) in [6.07, 6.45) is 6.29. The minimum Gasteiger partial charge on any atom is -0.352 e. The van der Waals surface area contributed by atoms with Crippen molar-refractivity contribution < 1.29 is 13.7 Å². The third-order valence-corrected chi connectivity index (χ3v) is 5.92. The average molecular weight is 384 g/mol. The molecule has 1 N–H and O–H groups in total. The van der Waals surface area contributed by atoms with Crippen LogP contribution in [0.15, 0.2) is 28.8 Å². The van der Waals surface area contributed by atoms with Gasteiger partial charge >= 0.3 is 0 Å². The summed E-state index contributed by atoms with van der Waals surface area (Å²) in [7, 11) is 0. The van der Waals surface area contributed by atoms with Crippen LogP contribution in [0.2, 0.25) is 0 Å². The lowest BCUT2D eigenvalue weighted by Crippen LogP contribution is -2.45. The van der Waals surface area contributed by atoms with Crippen LogP contribution in [0.5, 0.6) is 0 Å². The minimum atomic E-state index is -0.418. The molecule has 3 aliphatic rings. The fourth-order valence-corrected chi connectivity index (χ4v) is 4.04. The van der Waals surface area contributed by atoms with E-state index in [2.05, 4.69) is 20.4 Å². The number of piperidine rings is 1. The molecule has 1 aromatic heterocycles. The number of hydrogen-bond donors (Lipinski definition) is 1. The van der Waals surface area contributed by atoms with Crippen LogP contribution >= 0.6 is 0 Å². The molecule has 2 heterocycles. The van der Waals surface area contributed by atoms with Gasteiger partial charge < -0.3 is 9.84 Å². The summed E-state index contributed by atoms with van der Waals surface area (Å²) in [5, 5.41) is 7.34. The molecule has 2 atom stereocenters. The van der Waals surface area contributed by atoms with Crippen molar-refractivity contribution >= 4 is 5.91 Å². The van der Waals surface area contributed by atoms with Crippen LogP contribution < -0.4 is 5.32 Å². The van der Waals surface area contributed by atoms with Crippen LogP contribution in [0, 0.1) is 5.82 Å². The molecular formula is C21H25FN4O2. The summed E-state index contributed by atoms with van der Waals surface area (Å²) in [6, 6.07) is 6.16. The molecule has 0 radical (unpaired) electrons. The summed E-state index contributed by atoms with van der Waals surface area (Å²) in [6.45, 7) is 1.52. The maximum absolute atomic E-state index is 13.4. The number of halogens is 1. The Hall–Kier alpha value is -2.28. The van der Waals surface area contributed by atoms with E-state index >= 15 is 0 Å². The van der Waals surface area contributed by atoms with Gasteiger partial charge in [0.1, 0.15) is 11.9 Å². The number of aromatic nitrogens is 2. The van der Waals surface area contributed by atoms with Gasteiger partial charge in [-0.1, -0.05) is 17.3 Å². The molecule has 2 saturated carbocycles. The molecule has 1 saturated heterocycles. The monoisotopic (exact) mass is 384 g/mol. The maximum Gasteiger partial charge on any atom is 0.242 e. The number of amides is 1. The first-order valence-corrected chi connectivity index (χ1v) is 10.3. The van der Waals surface area contributed by atoms with E-state index in [-0.39, 0.29) is 23.7 Å². The molecule has 5 rings (SSSR count). The van der Waals surface area contributed by atoms with Gasteiger partial charge in [0.2, 0.25) is 11.8 Å². The zero-order chi connectivity index (χ0) is 19.1. The van der Waals surface area contributed by atoms with Gasteiger partial charge in [-0.05, 0) is 62.8 Å². The fourth-order valence-electron chi connectivity index (χ4n) is 4.04. The first-order valence-electron chi connectivity index (χ1n) is 10.3. The van der Waals surface area contributed by atoms with E-state index in [1.54, 1.807) is 12.1 Å². The highest BCUT2D eigenvalue weighted by Crippen LogP contribution is 2.40. The number of nitrogens with zero attached hydrogens (tertiary/aromatic N) is 3. The van der Waals surface area contributed by atoms with E-state index in [1.807, 2.05) is 0 Å². The molecule has 3 fully saturated rings. The second-order valence-corrected chi connectivity index (χ2v) is 8.34. The first kappa shape index (κ1) is 17.8. The average Bonchev–Trinajstić information content (AvgIpc) is 3.64. The van der Waals surface area contributed by atoms with Crippen LogP contribution in [-0.2, 0) is 4.79 Å². The Balaban J connectivity index is 1.36. The Morgan fingerprint density at radius 1 is 1.14 bits per heavy atom. The Bertz CT molecular complexity index is 844. The molecule has 0 spiro atoms. The van der Waals surface area contributed by atoms with E-state index in [9.17, 15) is 9.18 Å². The maximum atomic E-state index is 13.4. The quantitative estimate of drug-likeness (QED) is 0.828. The molecular weight excluding hydrogens is 359 g/mol. The van der Waals surface area contributed by atoms with E-state index < -0.39 is 6.04 Å². The van der Waals surface area contributed by atoms with Crippen molar-refractivity contribution in [3.63, 3.8) is 0 Å². The zero-order valence-corrected chi connectivity index (χ0v) is 15.8. The molecule has 1 amide bonds. The molecule has 0 unspecified atom stereocenters. The third-order valence-electron chi connectivity index (χ3n) is 5.92. The molecule has 28 heavy (non-hydrogen) atoms. The lowest BCUT2D eigenvalue weighted by molar-refractivity contribution is -0.127. The van der Waals surface area contributed by atoms with Crippen molar-refractivity contribution in [2.75, 3.05) is 13.1 Å². The number of nitrogens with one attached hydrogen (secondary N) is 1. The number of carbonyl (C=O) groups excluding carboxylic acids is 1. The van der Waals surface area contributed by atoms with E-state index in [4.69, 9.17) is 4.52 Å². The molecule has 2 aliphatic carbocycles. The molecule has 1 aliphatic heterocycles. The highest BCUT2D eigenvalue weighted by atomic mass is 19.1. The van der Waals surface area contributed by atoms with Gasteiger partial charge in [-0.25, -0.2) is 4.39 Å². The Morgan fingerprint density at radius 2 is 1.93 bits per heavy atom. The second-order valence-electron chi connectivity index (χ2n) is 8.34. The summed E-state index contributed by atoms with van der Waals surface area (Å²) >= 11 is 0. The number of hydrogen-bond acceptors (Lipinski definition) is 5. The first-order chi connectivity index (χ1) is 13.7. The lowest BCUT2D eigenvalue weighted by Gasteiger charge is -2.36. The zero-order valence-electron chi connectivity index (χ0n) is 15.8. The van der Waals surface area contributed by atoms with Gasteiger partial charge in [-0.2, -0.15) is 4.98 Å². The molecule has 6 nitrogen and oxygen atoms in total.